The predicted octanol–water partition coefficient (Wildman–Crippen LogP) is 2.93. The van der Waals surface area contributed by atoms with Gasteiger partial charge in [-0.25, -0.2) is 17.5 Å². The van der Waals surface area contributed by atoms with Gasteiger partial charge in [0.15, 0.2) is 6.61 Å². The first-order chi connectivity index (χ1) is 14.1. The molecule has 0 saturated carbocycles. The molecule has 0 unspecified atom stereocenters. The van der Waals surface area contributed by atoms with Gasteiger partial charge in [-0.15, -0.1) is 0 Å². The highest BCUT2D eigenvalue weighted by Gasteiger charge is 2.14. The number of hydrogen-bond acceptors (Lipinski definition) is 6. The lowest BCUT2D eigenvalue weighted by Gasteiger charge is -2.14. The Bertz CT molecular complexity index is 1010. The first-order valence-corrected chi connectivity index (χ1v) is 11.2. The monoisotopic (exact) mass is 454 g/mol. The van der Waals surface area contributed by atoms with Gasteiger partial charge in [-0.1, -0.05) is 23.7 Å². The number of hydrogen-bond donors (Lipinski definition) is 1. The summed E-state index contributed by atoms with van der Waals surface area (Å²) < 4.78 is 34.5. The SMILES string of the molecule is CCOC(=O)c1cc(NC(=O)COc2ccc(CN(C)S(C)(=O)=O)cc2)ccc1Cl. The third kappa shape index (κ3) is 7.01. The summed E-state index contributed by atoms with van der Waals surface area (Å²) in [6.07, 6.45) is 1.14. The van der Waals surface area contributed by atoms with Crippen LogP contribution in [0.5, 0.6) is 5.75 Å². The second-order valence-electron chi connectivity index (χ2n) is 6.41. The minimum absolute atomic E-state index is 0.159. The lowest BCUT2D eigenvalue weighted by molar-refractivity contribution is -0.118. The maximum absolute atomic E-state index is 12.1. The highest BCUT2D eigenvalue weighted by molar-refractivity contribution is 7.88. The zero-order chi connectivity index (χ0) is 22.3. The maximum Gasteiger partial charge on any atom is 0.339 e. The molecule has 0 spiro atoms. The van der Waals surface area contributed by atoms with Gasteiger partial charge in [0.05, 0.1) is 23.4 Å². The Morgan fingerprint density at radius 2 is 1.80 bits per heavy atom. The van der Waals surface area contributed by atoms with Gasteiger partial charge in [0, 0.05) is 19.3 Å². The Kier molecular flexibility index (Phi) is 8.22. The molecular formula is C20H23ClN2O6S. The Morgan fingerprint density at radius 1 is 1.13 bits per heavy atom. The third-order valence-corrected chi connectivity index (χ3v) is 5.60. The summed E-state index contributed by atoms with van der Waals surface area (Å²) in [7, 11) is -1.77. The van der Waals surface area contributed by atoms with E-state index in [2.05, 4.69) is 5.32 Å². The Hall–Kier alpha value is -2.62. The number of esters is 1. The topological polar surface area (TPSA) is 102 Å². The van der Waals surface area contributed by atoms with Crippen molar-refractivity contribution in [2.24, 2.45) is 0 Å². The first kappa shape index (κ1) is 23.7. The van der Waals surface area contributed by atoms with Crippen molar-refractivity contribution in [2.45, 2.75) is 13.5 Å². The summed E-state index contributed by atoms with van der Waals surface area (Å²) in [5.74, 6) is -0.538. The van der Waals surface area contributed by atoms with E-state index in [-0.39, 0.29) is 30.3 Å². The summed E-state index contributed by atoms with van der Waals surface area (Å²) in [4.78, 5) is 24.0. The van der Waals surface area contributed by atoms with E-state index in [1.165, 1.54) is 23.5 Å². The van der Waals surface area contributed by atoms with Crippen LogP contribution in [0.4, 0.5) is 5.69 Å². The average Bonchev–Trinajstić information content (AvgIpc) is 2.68. The van der Waals surface area contributed by atoms with Crippen LogP contribution in [0, 0.1) is 0 Å². The Morgan fingerprint density at radius 3 is 2.40 bits per heavy atom. The number of amides is 1. The van der Waals surface area contributed by atoms with Gasteiger partial charge in [-0.05, 0) is 42.8 Å². The molecule has 2 aromatic rings. The van der Waals surface area contributed by atoms with E-state index in [1.54, 1.807) is 37.3 Å². The summed E-state index contributed by atoms with van der Waals surface area (Å²) in [6, 6.07) is 11.2. The van der Waals surface area contributed by atoms with Crippen molar-refractivity contribution in [3.8, 4) is 5.75 Å². The number of benzene rings is 2. The minimum atomic E-state index is -3.27. The van der Waals surface area contributed by atoms with Gasteiger partial charge in [0.1, 0.15) is 5.75 Å². The molecule has 8 nitrogen and oxygen atoms in total. The number of rotatable bonds is 9. The van der Waals surface area contributed by atoms with Crippen molar-refractivity contribution in [2.75, 3.05) is 31.8 Å². The molecule has 0 atom stereocenters. The van der Waals surface area contributed by atoms with Crippen LogP contribution < -0.4 is 10.1 Å². The number of anilines is 1. The van der Waals surface area contributed by atoms with Gasteiger partial charge in [-0.3, -0.25) is 4.79 Å². The van der Waals surface area contributed by atoms with Gasteiger partial charge in [-0.2, -0.15) is 0 Å². The number of carbonyl (C=O) groups excluding carboxylic acids is 2. The molecule has 30 heavy (non-hydrogen) atoms. The van der Waals surface area contributed by atoms with Crippen molar-refractivity contribution in [3.63, 3.8) is 0 Å². The van der Waals surface area contributed by atoms with Gasteiger partial charge in [0.2, 0.25) is 10.0 Å². The van der Waals surface area contributed by atoms with E-state index >= 15 is 0 Å². The fraction of sp³-hybridized carbons (Fsp3) is 0.300. The Labute approximate surface area is 180 Å². The summed E-state index contributed by atoms with van der Waals surface area (Å²) >= 11 is 6.00. The average molecular weight is 455 g/mol. The molecule has 1 amide bonds. The fourth-order valence-electron chi connectivity index (χ4n) is 2.38. The van der Waals surface area contributed by atoms with Crippen LogP contribution in [0.15, 0.2) is 42.5 Å². The predicted molar refractivity (Wildman–Crippen MR) is 114 cm³/mol. The molecule has 0 saturated heterocycles. The summed E-state index contributed by atoms with van der Waals surface area (Å²) in [5.41, 5.74) is 1.33. The van der Waals surface area contributed by atoms with Gasteiger partial charge >= 0.3 is 5.97 Å². The molecule has 0 aromatic heterocycles. The van der Waals surface area contributed by atoms with Crippen LogP contribution >= 0.6 is 11.6 Å². The molecule has 1 N–H and O–H groups in total. The molecule has 162 valence electrons. The second-order valence-corrected chi connectivity index (χ2v) is 8.91. The molecule has 0 aliphatic heterocycles. The molecule has 0 heterocycles. The van der Waals surface area contributed by atoms with E-state index in [9.17, 15) is 18.0 Å². The summed E-state index contributed by atoms with van der Waals surface area (Å²) in [5, 5.41) is 2.85. The smallest absolute Gasteiger partial charge is 0.339 e. The molecule has 2 aromatic carbocycles. The van der Waals surface area contributed by atoms with Crippen molar-refractivity contribution < 1.29 is 27.5 Å². The second kappa shape index (κ2) is 10.4. The molecule has 0 aliphatic carbocycles. The lowest BCUT2D eigenvalue weighted by atomic mass is 10.2. The molecule has 2 rings (SSSR count). The normalized spacial score (nSPS) is 11.2. The van der Waals surface area contributed by atoms with Crippen LogP contribution in [-0.2, 0) is 26.1 Å². The van der Waals surface area contributed by atoms with Crippen molar-refractivity contribution in [1.29, 1.82) is 0 Å². The molecule has 0 bridgehead atoms. The van der Waals surface area contributed by atoms with Crippen LogP contribution in [-0.4, -0.2) is 51.1 Å². The van der Waals surface area contributed by atoms with E-state index in [0.29, 0.717) is 11.4 Å². The van der Waals surface area contributed by atoms with E-state index in [0.717, 1.165) is 11.8 Å². The Balaban J connectivity index is 1.92. The van der Waals surface area contributed by atoms with Crippen molar-refractivity contribution in [1.82, 2.24) is 4.31 Å². The van der Waals surface area contributed by atoms with Gasteiger partial charge < -0.3 is 14.8 Å². The molecular weight excluding hydrogens is 432 g/mol. The zero-order valence-corrected chi connectivity index (χ0v) is 18.4. The summed E-state index contributed by atoms with van der Waals surface area (Å²) in [6.45, 7) is 1.88. The molecule has 10 heteroatoms. The maximum atomic E-state index is 12.1. The number of nitrogens with one attached hydrogen (secondary N) is 1. The third-order valence-electron chi connectivity index (χ3n) is 4.01. The lowest BCUT2D eigenvalue weighted by Crippen LogP contribution is -2.24. The van der Waals surface area contributed by atoms with Crippen molar-refractivity contribution in [3.05, 3.63) is 58.6 Å². The molecule has 0 aliphatic rings. The highest BCUT2D eigenvalue weighted by Crippen LogP contribution is 2.22. The molecule has 0 radical (unpaired) electrons. The van der Waals surface area contributed by atoms with Crippen LogP contribution in [0.2, 0.25) is 5.02 Å². The first-order valence-electron chi connectivity index (χ1n) is 8.99. The quantitative estimate of drug-likeness (QED) is 0.584. The largest absolute Gasteiger partial charge is 0.484 e. The highest BCUT2D eigenvalue weighted by atomic mass is 35.5. The van der Waals surface area contributed by atoms with Crippen molar-refractivity contribution >= 4 is 39.2 Å². The van der Waals surface area contributed by atoms with Gasteiger partial charge in [0.25, 0.3) is 5.91 Å². The van der Waals surface area contributed by atoms with E-state index in [4.69, 9.17) is 21.1 Å². The number of carbonyl (C=O) groups is 2. The van der Waals surface area contributed by atoms with Crippen LogP contribution in [0.3, 0.4) is 0 Å². The van der Waals surface area contributed by atoms with E-state index in [1.807, 2.05) is 0 Å². The fourth-order valence-corrected chi connectivity index (χ4v) is 2.96. The standard InChI is InChI=1S/C20H23ClN2O6S/c1-4-28-20(25)17-11-15(7-10-18(17)21)22-19(24)13-29-16-8-5-14(6-9-16)12-23(2)30(3,26)27/h5-11H,4,12-13H2,1-3H3,(H,22,24). The van der Waals surface area contributed by atoms with Crippen LogP contribution in [0.1, 0.15) is 22.8 Å². The number of sulfonamides is 1. The van der Waals surface area contributed by atoms with Crippen LogP contribution in [0.25, 0.3) is 0 Å². The number of halogens is 1. The minimum Gasteiger partial charge on any atom is -0.484 e. The molecule has 0 fully saturated rings. The zero-order valence-electron chi connectivity index (χ0n) is 16.8. The van der Waals surface area contributed by atoms with E-state index < -0.39 is 21.9 Å². The number of ether oxygens (including phenoxy) is 2. The number of nitrogens with zero attached hydrogens (tertiary/aromatic N) is 1.